The van der Waals surface area contributed by atoms with Crippen LogP contribution in [0.5, 0.6) is 5.75 Å². The molecule has 0 heterocycles. The Balaban J connectivity index is 2.66. The van der Waals surface area contributed by atoms with Crippen LogP contribution in [-0.4, -0.2) is 37.0 Å². The number of nitrogens with one attached hydrogen (secondary N) is 1. The molecular formula is C14H23N3O2. The second kappa shape index (κ2) is 6.99. The summed E-state index contributed by atoms with van der Waals surface area (Å²) in [5.41, 5.74) is 6.98. The van der Waals surface area contributed by atoms with Gasteiger partial charge in [0.15, 0.2) is 0 Å². The number of methoxy groups -OCH3 is 1. The Bertz CT molecular complexity index is 433. The third-order valence-electron chi connectivity index (χ3n) is 3.02. The number of anilines is 2. The van der Waals surface area contributed by atoms with Crippen LogP contribution in [0.2, 0.25) is 0 Å². The largest absolute Gasteiger partial charge is 0.497 e. The first kappa shape index (κ1) is 15.3. The van der Waals surface area contributed by atoms with Crippen molar-refractivity contribution in [1.29, 1.82) is 0 Å². The first-order valence-corrected chi connectivity index (χ1v) is 6.45. The molecule has 0 aliphatic carbocycles. The van der Waals surface area contributed by atoms with Gasteiger partial charge in [0.25, 0.3) is 0 Å². The molecule has 0 aliphatic heterocycles. The zero-order chi connectivity index (χ0) is 14.4. The van der Waals surface area contributed by atoms with Gasteiger partial charge < -0.3 is 15.8 Å². The molecule has 3 N–H and O–H groups in total. The van der Waals surface area contributed by atoms with Gasteiger partial charge in [-0.2, -0.15) is 0 Å². The molecule has 5 nitrogen and oxygen atoms in total. The van der Waals surface area contributed by atoms with Crippen molar-refractivity contribution in [2.24, 2.45) is 0 Å². The van der Waals surface area contributed by atoms with Crippen LogP contribution in [0.1, 0.15) is 20.8 Å². The SMILES string of the molecule is CCN(CC(=O)Nc1ccc(OC)cc1N)C(C)C. The summed E-state index contributed by atoms with van der Waals surface area (Å²) in [7, 11) is 1.58. The average molecular weight is 265 g/mol. The normalized spacial score (nSPS) is 10.8. The van der Waals surface area contributed by atoms with Crippen molar-refractivity contribution in [3.63, 3.8) is 0 Å². The molecule has 0 bridgehead atoms. The highest BCUT2D eigenvalue weighted by atomic mass is 16.5. The number of nitrogens with two attached hydrogens (primary N) is 1. The molecule has 106 valence electrons. The summed E-state index contributed by atoms with van der Waals surface area (Å²) in [5.74, 6) is 0.611. The molecule has 0 fully saturated rings. The van der Waals surface area contributed by atoms with Crippen LogP contribution in [0.4, 0.5) is 11.4 Å². The number of amides is 1. The van der Waals surface area contributed by atoms with Crippen LogP contribution < -0.4 is 15.8 Å². The zero-order valence-corrected chi connectivity index (χ0v) is 12.1. The Morgan fingerprint density at radius 3 is 2.63 bits per heavy atom. The van der Waals surface area contributed by atoms with Crippen molar-refractivity contribution >= 4 is 17.3 Å². The first-order valence-electron chi connectivity index (χ1n) is 6.45. The number of likely N-dealkylation sites (N-methyl/N-ethyl adjacent to an activating group) is 1. The van der Waals surface area contributed by atoms with Crippen LogP contribution in [-0.2, 0) is 4.79 Å². The molecule has 1 amide bonds. The highest BCUT2D eigenvalue weighted by Gasteiger charge is 2.13. The van der Waals surface area contributed by atoms with Gasteiger partial charge in [0.05, 0.1) is 25.0 Å². The summed E-state index contributed by atoms with van der Waals surface area (Å²) in [6, 6.07) is 5.54. The number of hydrogen-bond acceptors (Lipinski definition) is 4. The summed E-state index contributed by atoms with van der Waals surface area (Å²) in [6.45, 7) is 7.37. The second-order valence-corrected chi connectivity index (χ2v) is 4.66. The number of ether oxygens (including phenoxy) is 1. The van der Waals surface area contributed by atoms with Gasteiger partial charge >= 0.3 is 0 Å². The number of carbonyl (C=O) groups is 1. The monoisotopic (exact) mass is 265 g/mol. The van der Waals surface area contributed by atoms with E-state index in [1.807, 2.05) is 6.92 Å². The van der Waals surface area contributed by atoms with Crippen molar-refractivity contribution in [2.75, 3.05) is 31.2 Å². The number of rotatable bonds is 6. The topological polar surface area (TPSA) is 67.6 Å². The maximum absolute atomic E-state index is 12.0. The minimum Gasteiger partial charge on any atom is -0.497 e. The van der Waals surface area contributed by atoms with Crippen molar-refractivity contribution in [2.45, 2.75) is 26.8 Å². The summed E-state index contributed by atoms with van der Waals surface area (Å²) in [4.78, 5) is 14.0. The van der Waals surface area contributed by atoms with Crippen molar-refractivity contribution < 1.29 is 9.53 Å². The molecule has 0 radical (unpaired) electrons. The Morgan fingerprint density at radius 2 is 2.16 bits per heavy atom. The minimum atomic E-state index is -0.0626. The molecular weight excluding hydrogens is 242 g/mol. The number of carbonyl (C=O) groups excluding carboxylic acids is 1. The molecule has 0 saturated heterocycles. The number of nitrogen functional groups attached to an aromatic ring is 1. The fourth-order valence-electron chi connectivity index (χ4n) is 1.82. The molecule has 19 heavy (non-hydrogen) atoms. The van der Waals surface area contributed by atoms with Crippen LogP contribution in [0.3, 0.4) is 0 Å². The average Bonchev–Trinajstić information content (AvgIpc) is 2.37. The van der Waals surface area contributed by atoms with E-state index in [0.29, 0.717) is 29.7 Å². The smallest absolute Gasteiger partial charge is 0.238 e. The Kier molecular flexibility index (Phi) is 5.63. The fourth-order valence-corrected chi connectivity index (χ4v) is 1.82. The molecule has 0 saturated carbocycles. The van der Waals surface area contributed by atoms with Gasteiger partial charge in [-0.15, -0.1) is 0 Å². The predicted octanol–water partition coefficient (Wildman–Crippen LogP) is 1.95. The van der Waals surface area contributed by atoms with E-state index in [-0.39, 0.29) is 5.91 Å². The maximum atomic E-state index is 12.0. The van der Waals surface area contributed by atoms with E-state index in [4.69, 9.17) is 10.5 Å². The van der Waals surface area contributed by atoms with Crippen molar-refractivity contribution in [1.82, 2.24) is 4.90 Å². The number of benzene rings is 1. The molecule has 5 heteroatoms. The van der Waals surface area contributed by atoms with Gasteiger partial charge in [-0.1, -0.05) is 6.92 Å². The Labute approximate surface area is 114 Å². The fraction of sp³-hybridized carbons (Fsp3) is 0.500. The lowest BCUT2D eigenvalue weighted by molar-refractivity contribution is -0.117. The standard InChI is InChI=1S/C14H23N3O2/c1-5-17(10(2)3)9-14(18)16-13-7-6-11(19-4)8-12(13)15/h6-8,10H,5,9,15H2,1-4H3,(H,16,18). The summed E-state index contributed by atoms with van der Waals surface area (Å²) in [6.07, 6.45) is 0. The lowest BCUT2D eigenvalue weighted by Crippen LogP contribution is -2.37. The van der Waals surface area contributed by atoms with Crippen LogP contribution in [0.15, 0.2) is 18.2 Å². The second-order valence-electron chi connectivity index (χ2n) is 4.66. The molecule has 0 spiro atoms. The third kappa shape index (κ3) is 4.44. The minimum absolute atomic E-state index is 0.0626. The quantitative estimate of drug-likeness (QED) is 0.771. The van der Waals surface area contributed by atoms with Crippen molar-refractivity contribution in [3.8, 4) is 5.75 Å². The van der Waals surface area contributed by atoms with E-state index in [1.165, 1.54) is 0 Å². The van der Waals surface area contributed by atoms with E-state index < -0.39 is 0 Å². The third-order valence-corrected chi connectivity index (χ3v) is 3.02. The van der Waals surface area contributed by atoms with E-state index >= 15 is 0 Å². The van der Waals surface area contributed by atoms with Crippen LogP contribution >= 0.6 is 0 Å². The molecule has 0 aromatic heterocycles. The van der Waals surface area contributed by atoms with E-state index in [0.717, 1.165) is 6.54 Å². The van der Waals surface area contributed by atoms with Crippen molar-refractivity contribution in [3.05, 3.63) is 18.2 Å². The molecule has 0 unspecified atom stereocenters. The van der Waals surface area contributed by atoms with E-state index in [2.05, 4.69) is 24.1 Å². The summed E-state index contributed by atoms with van der Waals surface area (Å²) >= 11 is 0. The highest BCUT2D eigenvalue weighted by molar-refractivity contribution is 5.95. The number of nitrogens with zero attached hydrogens (tertiary/aromatic N) is 1. The van der Waals surface area contributed by atoms with Gasteiger partial charge in [-0.3, -0.25) is 9.69 Å². The van der Waals surface area contributed by atoms with Gasteiger partial charge in [-0.05, 0) is 32.5 Å². The molecule has 1 aromatic rings. The highest BCUT2D eigenvalue weighted by Crippen LogP contribution is 2.23. The van der Waals surface area contributed by atoms with Gasteiger partial charge in [0.1, 0.15) is 5.75 Å². The first-order chi connectivity index (χ1) is 8.97. The van der Waals surface area contributed by atoms with Gasteiger partial charge in [0.2, 0.25) is 5.91 Å². The Morgan fingerprint density at radius 1 is 1.47 bits per heavy atom. The molecule has 1 aromatic carbocycles. The summed E-state index contributed by atoms with van der Waals surface area (Å²) in [5, 5.41) is 2.82. The predicted molar refractivity (Wildman–Crippen MR) is 78.4 cm³/mol. The van der Waals surface area contributed by atoms with E-state index in [1.54, 1.807) is 25.3 Å². The molecule has 0 aliphatic rings. The van der Waals surface area contributed by atoms with Gasteiger partial charge in [-0.25, -0.2) is 0 Å². The Hall–Kier alpha value is -1.75. The lowest BCUT2D eigenvalue weighted by atomic mass is 10.2. The zero-order valence-electron chi connectivity index (χ0n) is 12.1. The van der Waals surface area contributed by atoms with Gasteiger partial charge in [0, 0.05) is 12.1 Å². The number of hydrogen-bond donors (Lipinski definition) is 2. The van der Waals surface area contributed by atoms with Crippen LogP contribution in [0, 0.1) is 0 Å². The van der Waals surface area contributed by atoms with Crippen LogP contribution in [0.25, 0.3) is 0 Å². The maximum Gasteiger partial charge on any atom is 0.238 e. The molecule has 0 atom stereocenters. The van der Waals surface area contributed by atoms with E-state index in [9.17, 15) is 4.79 Å². The molecule has 1 rings (SSSR count). The lowest BCUT2D eigenvalue weighted by Gasteiger charge is -2.24. The summed E-state index contributed by atoms with van der Waals surface area (Å²) < 4.78 is 5.07.